The summed E-state index contributed by atoms with van der Waals surface area (Å²) in [6, 6.07) is 3.62. The Hall–Kier alpha value is -0.840. The van der Waals surface area contributed by atoms with E-state index in [4.69, 9.17) is 23.2 Å². The van der Waals surface area contributed by atoms with Gasteiger partial charge in [0.25, 0.3) is 0 Å². The van der Waals surface area contributed by atoms with E-state index in [0.29, 0.717) is 16.6 Å². The molecule has 0 saturated heterocycles. The highest BCUT2D eigenvalue weighted by molar-refractivity contribution is 7.00. The fraction of sp³-hybridized carbons (Fsp3) is 0.111. The minimum Gasteiger partial charge on any atom is -0.377 e. The van der Waals surface area contributed by atoms with Crippen LogP contribution < -0.4 is 5.32 Å². The van der Waals surface area contributed by atoms with Gasteiger partial charge in [-0.1, -0.05) is 29.8 Å². The highest BCUT2D eigenvalue weighted by Crippen LogP contribution is 2.29. The third-order valence-electron chi connectivity index (χ3n) is 1.83. The van der Waals surface area contributed by atoms with Crippen molar-refractivity contribution in [3.05, 3.63) is 28.8 Å². The quantitative estimate of drug-likeness (QED) is 0.917. The zero-order valence-electron chi connectivity index (χ0n) is 7.63. The van der Waals surface area contributed by atoms with Gasteiger partial charge in [0.15, 0.2) is 0 Å². The number of nitrogens with zero attached hydrogens (tertiary/aromatic N) is 2. The number of rotatable bonds is 3. The van der Waals surface area contributed by atoms with Gasteiger partial charge in [0, 0.05) is 5.03 Å². The maximum Gasteiger partial charge on any atom is 0.129 e. The second-order valence-corrected chi connectivity index (χ2v) is 4.40. The van der Waals surface area contributed by atoms with Crippen LogP contribution in [0.3, 0.4) is 0 Å². The summed E-state index contributed by atoms with van der Waals surface area (Å²) in [5, 5.41) is 4.21. The van der Waals surface area contributed by atoms with Gasteiger partial charge in [-0.3, -0.25) is 0 Å². The summed E-state index contributed by atoms with van der Waals surface area (Å²) in [6.45, 7) is 4.05. The van der Waals surface area contributed by atoms with Crippen LogP contribution in [0.15, 0.2) is 23.7 Å². The summed E-state index contributed by atoms with van der Waals surface area (Å²) in [5.74, 6) is 0. The van der Waals surface area contributed by atoms with Crippen LogP contribution in [0, 0.1) is 0 Å². The lowest BCUT2D eigenvalue weighted by Crippen LogP contribution is -2.02. The van der Waals surface area contributed by atoms with Crippen molar-refractivity contribution >= 4 is 51.7 Å². The lowest BCUT2D eigenvalue weighted by molar-refractivity contribution is 1.32. The van der Waals surface area contributed by atoms with E-state index in [0.717, 1.165) is 28.4 Å². The molecule has 3 nitrogen and oxygen atoms in total. The highest BCUT2D eigenvalue weighted by Gasteiger charge is 2.09. The van der Waals surface area contributed by atoms with Crippen molar-refractivity contribution in [2.45, 2.75) is 0 Å². The molecule has 1 aromatic heterocycles. The molecule has 0 fully saturated rings. The van der Waals surface area contributed by atoms with Gasteiger partial charge in [-0.05, 0) is 12.1 Å². The molecule has 2 aromatic rings. The molecule has 2 rings (SSSR count). The van der Waals surface area contributed by atoms with Crippen molar-refractivity contribution in [3.8, 4) is 0 Å². The summed E-state index contributed by atoms with van der Waals surface area (Å²) in [7, 11) is 0. The van der Waals surface area contributed by atoms with E-state index in [-0.39, 0.29) is 0 Å². The standard InChI is InChI=1S/C9H7Cl2N3S/c1-5(10)4-12-8-6(11)2-3-7-9(8)14-15-13-7/h2-3,12H,1,4H2. The van der Waals surface area contributed by atoms with Crippen LogP contribution in [0.4, 0.5) is 5.69 Å². The summed E-state index contributed by atoms with van der Waals surface area (Å²) < 4.78 is 8.29. The van der Waals surface area contributed by atoms with Gasteiger partial charge in [-0.2, -0.15) is 8.75 Å². The van der Waals surface area contributed by atoms with E-state index in [1.165, 1.54) is 0 Å². The minimum absolute atomic E-state index is 0.456. The van der Waals surface area contributed by atoms with E-state index in [1.54, 1.807) is 6.07 Å². The molecule has 1 N–H and O–H groups in total. The number of nitrogens with one attached hydrogen (secondary N) is 1. The van der Waals surface area contributed by atoms with Crippen LogP contribution in [0.5, 0.6) is 0 Å². The maximum atomic E-state index is 6.05. The number of halogens is 2. The van der Waals surface area contributed by atoms with Crippen LogP contribution in [-0.2, 0) is 0 Å². The first-order valence-corrected chi connectivity index (χ1v) is 5.65. The summed E-state index contributed by atoms with van der Waals surface area (Å²) in [6.07, 6.45) is 0. The molecule has 15 heavy (non-hydrogen) atoms. The smallest absolute Gasteiger partial charge is 0.129 e. The molecule has 6 heteroatoms. The number of anilines is 1. The molecule has 0 aliphatic carbocycles. The van der Waals surface area contributed by atoms with Gasteiger partial charge in [-0.15, -0.1) is 0 Å². The number of aromatic nitrogens is 2. The van der Waals surface area contributed by atoms with Gasteiger partial charge in [0.05, 0.1) is 29.0 Å². The summed E-state index contributed by atoms with van der Waals surface area (Å²) in [5.41, 5.74) is 2.35. The summed E-state index contributed by atoms with van der Waals surface area (Å²) >= 11 is 12.9. The lowest BCUT2D eigenvalue weighted by atomic mass is 10.2. The zero-order valence-corrected chi connectivity index (χ0v) is 9.96. The van der Waals surface area contributed by atoms with Crippen molar-refractivity contribution in [1.82, 2.24) is 8.75 Å². The molecule has 0 radical (unpaired) electrons. The second-order valence-electron chi connectivity index (χ2n) is 2.93. The fourth-order valence-electron chi connectivity index (χ4n) is 1.18. The first-order chi connectivity index (χ1) is 7.18. The van der Waals surface area contributed by atoms with Gasteiger partial charge >= 0.3 is 0 Å². The molecule has 0 saturated carbocycles. The zero-order chi connectivity index (χ0) is 10.8. The van der Waals surface area contributed by atoms with Crippen molar-refractivity contribution in [2.24, 2.45) is 0 Å². The molecule has 0 amide bonds. The molecule has 0 spiro atoms. The number of hydrogen-bond donors (Lipinski definition) is 1. The first kappa shape index (κ1) is 10.7. The Balaban J connectivity index is 2.42. The van der Waals surface area contributed by atoms with E-state index < -0.39 is 0 Å². The van der Waals surface area contributed by atoms with Gasteiger partial charge in [-0.25, -0.2) is 0 Å². The van der Waals surface area contributed by atoms with E-state index in [2.05, 4.69) is 20.6 Å². The average Bonchev–Trinajstić information content (AvgIpc) is 2.63. The number of fused-ring (bicyclic) bond motifs is 1. The fourth-order valence-corrected chi connectivity index (χ4v) is 2.01. The molecule has 0 atom stereocenters. The highest BCUT2D eigenvalue weighted by atomic mass is 35.5. The van der Waals surface area contributed by atoms with Crippen molar-refractivity contribution in [1.29, 1.82) is 0 Å². The second kappa shape index (κ2) is 4.35. The SMILES string of the molecule is C=C(Cl)CNc1c(Cl)ccc2nsnc12. The topological polar surface area (TPSA) is 37.8 Å². The molecular weight excluding hydrogens is 253 g/mol. The van der Waals surface area contributed by atoms with Crippen molar-refractivity contribution in [2.75, 3.05) is 11.9 Å². The van der Waals surface area contributed by atoms with E-state index in [1.807, 2.05) is 6.07 Å². The average molecular weight is 260 g/mol. The Morgan fingerprint density at radius 3 is 3.00 bits per heavy atom. The molecule has 1 heterocycles. The van der Waals surface area contributed by atoms with Crippen LogP contribution >= 0.6 is 34.9 Å². The van der Waals surface area contributed by atoms with E-state index >= 15 is 0 Å². The largest absolute Gasteiger partial charge is 0.377 e. The van der Waals surface area contributed by atoms with Crippen molar-refractivity contribution < 1.29 is 0 Å². The predicted molar refractivity (Wildman–Crippen MR) is 65.9 cm³/mol. The molecule has 0 aliphatic rings. The minimum atomic E-state index is 0.456. The molecule has 0 bridgehead atoms. The molecule has 78 valence electrons. The van der Waals surface area contributed by atoms with Crippen LogP contribution in [0.25, 0.3) is 11.0 Å². The van der Waals surface area contributed by atoms with Crippen LogP contribution in [0.2, 0.25) is 5.02 Å². The Morgan fingerprint density at radius 1 is 1.47 bits per heavy atom. The first-order valence-electron chi connectivity index (χ1n) is 4.16. The Morgan fingerprint density at radius 2 is 2.27 bits per heavy atom. The monoisotopic (exact) mass is 259 g/mol. The van der Waals surface area contributed by atoms with Crippen LogP contribution in [0.1, 0.15) is 0 Å². The van der Waals surface area contributed by atoms with Crippen molar-refractivity contribution in [3.63, 3.8) is 0 Å². The molecule has 0 unspecified atom stereocenters. The van der Waals surface area contributed by atoms with Gasteiger partial charge in [0.1, 0.15) is 11.0 Å². The third-order valence-corrected chi connectivity index (χ3v) is 2.83. The molecule has 1 aromatic carbocycles. The normalized spacial score (nSPS) is 10.5. The molecular formula is C9H7Cl2N3S. The number of hydrogen-bond acceptors (Lipinski definition) is 4. The van der Waals surface area contributed by atoms with Crippen LogP contribution in [-0.4, -0.2) is 15.3 Å². The Kier molecular flexibility index (Phi) is 3.09. The van der Waals surface area contributed by atoms with E-state index in [9.17, 15) is 0 Å². The lowest BCUT2D eigenvalue weighted by Gasteiger charge is -2.07. The maximum absolute atomic E-state index is 6.05. The number of benzene rings is 1. The molecule has 0 aliphatic heterocycles. The Bertz CT molecular complexity index is 509. The third kappa shape index (κ3) is 2.22. The van der Waals surface area contributed by atoms with Gasteiger partial charge in [0.2, 0.25) is 0 Å². The predicted octanol–water partition coefficient (Wildman–Crippen LogP) is 3.51. The Labute approximate surface area is 101 Å². The summed E-state index contributed by atoms with van der Waals surface area (Å²) in [4.78, 5) is 0. The van der Waals surface area contributed by atoms with Gasteiger partial charge < -0.3 is 5.32 Å².